The smallest absolute Gasteiger partial charge is 0.241 e. The number of nitrogens with two attached hydrogens (primary N) is 3. The number of carbonyl (C=O) groups is 1. The zero-order valence-corrected chi connectivity index (χ0v) is 26.1. The van der Waals surface area contributed by atoms with E-state index in [4.69, 9.17) is 27.6 Å². The van der Waals surface area contributed by atoms with Crippen molar-refractivity contribution in [1.82, 2.24) is 14.9 Å². The van der Waals surface area contributed by atoms with E-state index in [2.05, 4.69) is 9.88 Å². The third kappa shape index (κ3) is 8.29. The standard InChI is InChI=1S/C33H36N8O.2ClH/c1-40-30-16-15-28(18-29(30)39-31(40)17-8-22-2-9-25(10-3-22)33(36)37)41(21-24-6-13-27(35)14-7-24)32(42)20-38-19-23-4-11-26(34)12-5-23;;/h2-7,9-16,18,38H,8,17,19-21,34-35H2,1H3,(H3,36,37);2*1H. The first kappa shape index (κ1) is 33.9. The number of imidazole rings is 1. The Bertz CT molecular complexity index is 1700. The second kappa shape index (κ2) is 15.2. The van der Waals surface area contributed by atoms with Crippen LogP contribution in [0.15, 0.2) is 91.0 Å². The zero-order valence-electron chi connectivity index (χ0n) is 24.5. The van der Waals surface area contributed by atoms with Crippen molar-refractivity contribution in [3.8, 4) is 0 Å². The Balaban J connectivity index is 0.00000264. The molecule has 0 radical (unpaired) electrons. The van der Waals surface area contributed by atoms with Gasteiger partial charge >= 0.3 is 0 Å². The number of fused-ring (bicyclic) bond motifs is 1. The van der Waals surface area contributed by atoms with E-state index in [-0.39, 0.29) is 43.1 Å². The minimum Gasteiger partial charge on any atom is -0.399 e. The molecule has 0 bridgehead atoms. The number of nitrogens with zero attached hydrogens (tertiary/aromatic N) is 3. The van der Waals surface area contributed by atoms with Gasteiger partial charge in [-0.3, -0.25) is 10.2 Å². The summed E-state index contributed by atoms with van der Waals surface area (Å²) in [6, 6.07) is 28.9. The molecule has 9 nitrogen and oxygen atoms in total. The van der Waals surface area contributed by atoms with Gasteiger partial charge in [0.2, 0.25) is 5.91 Å². The fourth-order valence-corrected chi connectivity index (χ4v) is 4.91. The number of nitrogen functional groups attached to an aromatic ring is 3. The van der Waals surface area contributed by atoms with Crippen LogP contribution < -0.4 is 27.4 Å². The first-order valence-corrected chi connectivity index (χ1v) is 13.9. The SMILES string of the molecule is Cl.Cl.Cn1c(CCc2ccc(C(=N)N)cc2)nc2cc(N(Cc3ccc(N)cc3)C(=O)CNCc3ccc(N)cc3)ccc21. The van der Waals surface area contributed by atoms with E-state index in [9.17, 15) is 4.79 Å². The van der Waals surface area contributed by atoms with Gasteiger partial charge in [-0.15, -0.1) is 24.8 Å². The van der Waals surface area contributed by atoms with E-state index in [1.165, 1.54) is 0 Å². The fourth-order valence-electron chi connectivity index (χ4n) is 4.91. The topological polar surface area (TPSA) is 152 Å². The second-order valence-electron chi connectivity index (χ2n) is 10.4. The average molecular weight is 634 g/mol. The third-order valence-corrected chi connectivity index (χ3v) is 7.38. The van der Waals surface area contributed by atoms with Gasteiger partial charge in [-0.1, -0.05) is 48.5 Å². The lowest BCUT2D eigenvalue weighted by Gasteiger charge is -2.23. The van der Waals surface area contributed by atoms with E-state index < -0.39 is 0 Å². The van der Waals surface area contributed by atoms with Crippen molar-refractivity contribution >= 4 is 64.7 Å². The van der Waals surface area contributed by atoms with Crippen molar-refractivity contribution in [2.45, 2.75) is 25.9 Å². The summed E-state index contributed by atoms with van der Waals surface area (Å²) in [6.45, 7) is 1.14. The Labute approximate surface area is 269 Å². The summed E-state index contributed by atoms with van der Waals surface area (Å²) in [6.07, 6.45) is 1.56. The molecule has 1 amide bonds. The number of aromatic nitrogens is 2. The number of hydrogen-bond acceptors (Lipinski definition) is 6. The number of aryl methyl sites for hydroxylation is 3. The molecule has 0 aliphatic carbocycles. The number of anilines is 3. The molecular weight excluding hydrogens is 595 g/mol. The molecule has 0 aliphatic heterocycles. The van der Waals surface area contributed by atoms with Gasteiger partial charge in [0, 0.05) is 42.6 Å². The second-order valence-corrected chi connectivity index (χ2v) is 10.4. The highest BCUT2D eigenvalue weighted by Crippen LogP contribution is 2.25. The highest BCUT2D eigenvalue weighted by Gasteiger charge is 2.18. The van der Waals surface area contributed by atoms with Gasteiger partial charge in [0.15, 0.2) is 0 Å². The third-order valence-electron chi connectivity index (χ3n) is 7.38. The average Bonchev–Trinajstić information content (AvgIpc) is 3.31. The van der Waals surface area contributed by atoms with Gasteiger partial charge in [-0.05, 0) is 65.6 Å². The van der Waals surface area contributed by atoms with E-state index in [0.717, 1.165) is 52.1 Å². The first-order chi connectivity index (χ1) is 20.3. The molecule has 230 valence electrons. The Morgan fingerprint density at radius 3 is 2.05 bits per heavy atom. The summed E-state index contributed by atoms with van der Waals surface area (Å²) < 4.78 is 2.10. The first-order valence-electron chi connectivity index (χ1n) is 13.9. The molecule has 0 saturated carbocycles. The van der Waals surface area contributed by atoms with Gasteiger partial charge in [-0.2, -0.15) is 0 Å². The van der Waals surface area contributed by atoms with Crippen molar-refractivity contribution < 1.29 is 4.79 Å². The van der Waals surface area contributed by atoms with Crippen LogP contribution in [0.5, 0.6) is 0 Å². The number of hydrogen-bond donors (Lipinski definition) is 5. The molecule has 0 unspecified atom stereocenters. The zero-order chi connectivity index (χ0) is 29.6. The molecule has 0 fully saturated rings. The number of benzene rings is 4. The summed E-state index contributed by atoms with van der Waals surface area (Å²) in [5.74, 6) is 0.973. The quantitative estimate of drug-likeness (QED) is 0.0787. The summed E-state index contributed by atoms with van der Waals surface area (Å²) in [7, 11) is 2.02. The lowest BCUT2D eigenvalue weighted by Crippen LogP contribution is -2.37. The van der Waals surface area contributed by atoms with Crippen LogP contribution in [-0.2, 0) is 37.8 Å². The molecule has 1 heterocycles. The van der Waals surface area contributed by atoms with Gasteiger partial charge in [0.05, 0.1) is 24.1 Å². The molecule has 0 atom stereocenters. The summed E-state index contributed by atoms with van der Waals surface area (Å²) in [5.41, 5.74) is 25.2. The molecule has 0 saturated heterocycles. The van der Waals surface area contributed by atoms with Crippen LogP contribution in [0, 0.1) is 5.41 Å². The number of nitrogens with one attached hydrogen (secondary N) is 2. The normalized spacial score (nSPS) is 10.6. The minimum atomic E-state index is -0.0493. The maximum atomic E-state index is 13.6. The summed E-state index contributed by atoms with van der Waals surface area (Å²) in [4.78, 5) is 20.3. The van der Waals surface area contributed by atoms with E-state index in [1.54, 1.807) is 4.90 Å². The Hall–Kier alpha value is -4.57. The van der Waals surface area contributed by atoms with Crippen molar-refractivity contribution in [2.24, 2.45) is 12.8 Å². The molecule has 0 aliphatic rings. The molecule has 44 heavy (non-hydrogen) atoms. The Morgan fingerprint density at radius 2 is 1.43 bits per heavy atom. The molecule has 1 aromatic heterocycles. The largest absolute Gasteiger partial charge is 0.399 e. The van der Waals surface area contributed by atoms with E-state index in [1.807, 2.05) is 98.0 Å². The molecule has 5 rings (SSSR count). The van der Waals surface area contributed by atoms with Crippen LogP contribution in [0.2, 0.25) is 0 Å². The lowest BCUT2D eigenvalue weighted by atomic mass is 10.1. The van der Waals surface area contributed by atoms with Crippen molar-refractivity contribution in [1.29, 1.82) is 5.41 Å². The Kier molecular flexibility index (Phi) is 11.8. The van der Waals surface area contributed by atoms with Crippen molar-refractivity contribution in [3.05, 3.63) is 119 Å². The van der Waals surface area contributed by atoms with Crippen LogP contribution in [0.3, 0.4) is 0 Å². The predicted octanol–water partition coefficient (Wildman–Crippen LogP) is 4.97. The Morgan fingerprint density at radius 1 is 0.841 bits per heavy atom. The molecule has 5 aromatic rings. The van der Waals surface area contributed by atoms with Crippen molar-refractivity contribution in [3.63, 3.8) is 0 Å². The van der Waals surface area contributed by atoms with Crippen LogP contribution in [0.4, 0.5) is 17.1 Å². The number of rotatable bonds is 11. The lowest BCUT2D eigenvalue weighted by molar-refractivity contribution is -0.118. The summed E-state index contributed by atoms with van der Waals surface area (Å²) >= 11 is 0. The van der Waals surface area contributed by atoms with E-state index in [0.29, 0.717) is 30.0 Å². The number of amidine groups is 1. The highest BCUT2D eigenvalue weighted by atomic mass is 35.5. The van der Waals surface area contributed by atoms with Gasteiger partial charge < -0.3 is 32.0 Å². The molecule has 11 heteroatoms. The predicted molar refractivity (Wildman–Crippen MR) is 185 cm³/mol. The summed E-state index contributed by atoms with van der Waals surface area (Å²) in [5, 5.41) is 10.8. The number of carbonyl (C=O) groups excluding carboxylic acids is 1. The van der Waals surface area contributed by atoms with Crippen LogP contribution in [0.25, 0.3) is 11.0 Å². The van der Waals surface area contributed by atoms with Crippen LogP contribution in [0.1, 0.15) is 28.1 Å². The highest BCUT2D eigenvalue weighted by molar-refractivity contribution is 5.97. The number of amides is 1. The van der Waals surface area contributed by atoms with Crippen LogP contribution in [-0.4, -0.2) is 27.8 Å². The van der Waals surface area contributed by atoms with Crippen LogP contribution >= 0.6 is 24.8 Å². The van der Waals surface area contributed by atoms with Gasteiger partial charge in [-0.25, -0.2) is 4.98 Å². The van der Waals surface area contributed by atoms with Gasteiger partial charge in [0.1, 0.15) is 11.7 Å². The fraction of sp³-hybridized carbons (Fsp3) is 0.182. The molecule has 8 N–H and O–H groups in total. The maximum absolute atomic E-state index is 13.6. The minimum absolute atomic E-state index is 0. The molecule has 4 aromatic carbocycles. The van der Waals surface area contributed by atoms with Crippen molar-refractivity contribution in [2.75, 3.05) is 22.9 Å². The van der Waals surface area contributed by atoms with E-state index >= 15 is 0 Å². The van der Waals surface area contributed by atoms with Gasteiger partial charge in [0.25, 0.3) is 0 Å². The maximum Gasteiger partial charge on any atom is 0.241 e. The monoisotopic (exact) mass is 632 g/mol. The molecular formula is C33H38Cl2N8O. The number of halogens is 2. The molecule has 0 spiro atoms.